The Morgan fingerprint density at radius 3 is 2.38 bits per heavy atom. The van der Waals surface area contributed by atoms with Crippen molar-refractivity contribution in [2.24, 2.45) is 0 Å². The van der Waals surface area contributed by atoms with Crippen molar-refractivity contribution in [3.63, 3.8) is 0 Å². The summed E-state index contributed by atoms with van der Waals surface area (Å²) in [6.45, 7) is 3.17. The molecule has 0 radical (unpaired) electrons. The van der Waals surface area contributed by atoms with Crippen LogP contribution in [-0.2, 0) is 11.0 Å². The average molecular weight is 448 g/mol. The molecule has 0 bridgehead atoms. The molecule has 1 aromatic carbocycles. The van der Waals surface area contributed by atoms with Crippen LogP contribution < -0.4 is 9.64 Å². The van der Waals surface area contributed by atoms with E-state index < -0.39 is 17.8 Å². The molecule has 2 aromatic rings. The van der Waals surface area contributed by atoms with Crippen molar-refractivity contribution in [3.05, 3.63) is 52.1 Å². The number of piperazine rings is 1. The van der Waals surface area contributed by atoms with Gasteiger partial charge in [-0.25, -0.2) is 4.98 Å². The predicted molar refractivity (Wildman–Crippen MR) is 105 cm³/mol. The second-order valence-electron chi connectivity index (χ2n) is 6.53. The first kappa shape index (κ1) is 21.5. The second-order valence-corrected chi connectivity index (χ2v) is 7.34. The highest BCUT2D eigenvalue weighted by atomic mass is 35.5. The zero-order chi connectivity index (χ0) is 21.2. The molecule has 1 atom stereocenters. The Bertz CT molecular complexity index is 887. The smallest absolute Gasteiger partial charge is 0.417 e. The lowest BCUT2D eigenvalue weighted by Crippen LogP contribution is -2.52. The van der Waals surface area contributed by atoms with Gasteiger partial charge < -0.3 is 14.5 Å². The lowest BCUT2D eigenvalue weighted by atomic mass is 10.2. The van der Waals surface area contributed by atoms with E-state index >= 15 is 0 Å². The van der Waals surface area contributed by atoms with Crippen molar-refractivity contribution in [2.45, 2.75) is 19.2 Å². The Morgan fingerprint density at radius 2 is 1.79 bits per heavy atom. The summed E-state index contributed by atoms with van der Waals surface area (Å²) in [6.07, 6.45) is -4.47. The Kier molecular flexibility index (Phi) is 6.43. The molecule has 1 unspecified atom stereocenters. The third-order valence-corrected chi connectivity index (χ3v) is 5.12. The summed E-state index contributed by atoms with van der Waals surface area (Å²) in [4.78, 5) is 19.9. The largest absolute Gasteiger partial charge is 0.479 e. The zero-order valence-corrected chi connectivity index (χ0v) is 16.9. The minimum Gasteiger partial charge on any atom is -0.479 e. The molecule has 1 fully saturated rings. The van der Waals surface area contributed by atoms with Crippen LogP contribution in [0.4, 0.5) is 19.0 Å². The van der Waals surface area contributed by atoms with Crippen LogP contribution in [-0.4, -0.2) is 48.1 Å². The maximum absolute atomic E-state index is 12.8. The minimum absolute atomic E-state index is 0.0741. The van der Waals surface area contributed by atoms with Gasteiger partial charge in [0.25, 0.3) is 5.91 Å². The maximum atomic E-state index is 12.8. The van der Waals surface area contributed by atoms with Gasteiger partial charge in [-0.3, -0.25) is 4.79 Å². The highest BCUT2D eigenvalue weighted by molar-refractivity contribution is 6.33. The van der Waals surface area contributed by atoms with Gasteiger partial charge >= 0.3 is 6.18 Å². The molecule has 10 heteroatoms. The van der Waals surface area contributed by atoms with Crippen molar-refractivity contribution in [3.8, 4) is 5.75 Å². The van der Waals surface area contributed by atoms with Crippen LogP contribution in [0.5, 0.6) is 5.75 Å². The van der Waals surface area contributed by atoms with Gasteiger partial charge in [0, 0.05) is 32.4 Å². The topological polar surface area (TPSA) is 45.7 Å². The number of benzene rings is 1. The van der Waals surface area contributed by atoms with Gasteiger partial charge in [-0.2, -0.15) is 13.2 Å². The number of hydrogen-bond acceptors (Lipinski definition) is 4. The standard InChI is InChI=1S/C19H18Cl2F3N3O2/c1-12(29-16-5-3-2-4-14(16)20)18(28)27-8-6-26(7-9-27)17-15(21)10-13(11-25-17)19(22,23)24/h2-5,10-12H,6-9H2,1H3. The fourth-order valence-electron chi connectivity index (χ4n) is 3.00. The molecule has 1 saturated heterocycles. The third kappa shape index (κ3) is 5.05. The first-order valence-electron chi connectivity index (χ1n) is 8.84. The maximum Gasteiger partial charge on any atom is 0.417 e. The van der Waals surface area contributed by atoms with E-state index in [0.717, 1.165) is 12.3 Å². The fraction of sp³-hybridized carbons (Fsp3) is 0.368. The van der Waals surface area contributed by atoms with Gasteiger partial charge in [-0.05, 0) is 25.1 Å². The van der Waals surface area contributed by atoms with E-state index in [1.54, 1.807) is 41.0 Å². The van der Waals surface area contributed by atoms with Crippen molar-refractivity contribution in [2.75, 3.05) is 31.1 Å². The molecule has 1 aliphatic heterocycles. The summed E-state index contributed by atoms with van der Waals surface area (Å²) in [7, 11) is 0. The molecule has 2 heterocycles. The van der Waals surface area contributed by atoms with Crippen LogP contribution in [0.15, 0.2) is 36.5 Å². The van der Waals surface area contributed by atoms with Gasteiger partial charge in [0.2, 0.25) is 0 Å². The monoisotopic (exact) mass is 447 g/mol. The normalized spacial score (nSPS) is 15.9. The molecule has 0 N–H and O–H groups in total. The summed E-state index contributed by atoms with van der Waals surface area (Å²) in [5.41, 5.74) is -0.898. The summed E-state index contributed by atoms with van der Waals surface area (Å²) in [5, 5.41) is 0.343. The van der Waals surface area contributed by atoms with Crippen LogP contribution in [0.1, 0.15) is 12.5 Å². The molecule has 0 spiro atoms. The van der Waals surface area contributed by atoms with Gasteiger partial charge in [0.1, 0.15) is 11.6 Å². The van der Waals surface area contributed by atoms with E-state index in [9.17, 15) is 18.0 Å². The Hall–Kier alpha value is -2.19. The quantitative estimate of drug-likeness (QED) is 0.690. The number of ether oxygens (including phenoxy) is 1. The number of alkyl halides is 3. The van der Waals surface area contributed by atoms with Crippen LogP contribution in [0.3, 0.4) is 0 Å². The van der Waals surface area contributed by atoms with E-state index in [1.165, 1.54) is 0 Å². The van der Waals surface area contributed by atoms with Crippen LogP contribution in [0.2, 0.25) is 10.0 Å². The number of rotatable bonds is 4. The predicted octanol–water partition coefficient (Wildman–Crippen LogP) is 4.52. The first-order valence-corrected chi connectivity index (χ1v) is 9.60. The van der Waals surface area contributed by atoms with Crippen molar-refractivity contribution in [1.29, 1.82) is 0 Å². The number of hydrogen-bond donors (Lipinski definition) is 0. The highest BCUT2D eigenvalue weighted by Gasteiger charge is 2.33. The lowest BCUT2D eigenvalue weighted by molar-refractivity contribution is -0.138. The van der Waals surface area contributed by atoms with Crippen LogP contribution in [0.25, 0.3) is 0 Å². The molecular formula is C19H18Cl2F3N3O2. The van der Waals surface area contributed by atoms with Crippen molar-refractivity contribution < 1.29 is 22.7 Å². The number of aromatic nitrogens is 1. The molecular weight excluding hydrogens is 430 g/mol. The molecule has 1 amide bonds. The van der Waals surface area contributed by atoms with E-state index in [1.807, 2.05) is 0 Å². The van der Waals surface area contributed by atoms with E-state index in [0.29, 0.717) is 37.0 Å². The minimum atomic E-state index is -4.50. The molecule has 29 heavy (non-hydrogen) atoms. The van der Waals surface area contributed by atoms with Crippen molar-refractivity contribution >= 4 is 34.9 Å². The number of halogens is 5. The molecule has 1 aliphatic rings. The van der Waals surface area contributed by atoms with E-state index in [-0.39, 0.29) is 16.7 Å². The molecule has 3 rings (SSSR count). The van der Waals surface area contributed by atoms with Crippen molar-refractivity contribution in [1.82, 2.24) is 9.88 Å². The Balaban J connectivity index is 1.60. The second kappa shape index (κ2) is 8.67. The van der Waals surface area contributed by atoms with Gasteiger partial charge in [0.15, 0.2) is 6.10 Å². The fourth-order valence-corrected chi connectivity index (χ4v) is 3.46. The van der Waals surface area contributed by atoms with Crippen LogP contribution in [0, 0.1) is 0 Å². The first-order chi connectivity index (χ1) is 13.7. The number of para-hydroxylation sites is 1. The molecule has 5 nitrogen and oxygen atoms in total. The molecule has 156 valence electrons. The molecule has 0 aliphatic carbocycles. The van der Waals surface area contributed by atoms with E-state index in [2.05, 4.69) is 4.98 Å². The highest BCUT2D eigenvalue weighted by Crippen LogP contribution is 2.33. The number of anilines is 1. The SMILES string of the molecule is CC(Oc1ccccc1Cl)C(=O)N1CCN(c2ncc(C(F)(F)F)cc2Cl)CC1. The number of carbonyl (C=O) groups excluding carboxylic acids is 1. The van der Waals surface area contributed by atoms with Gasteiger partial charge in [-0.15, -0.1) is 0 Å². The lowest BCUT2D eigenvalue weighted by Gasteiger charge is -2.36. The van der Waals surface area contributed by atoms with Crippen LogP contribution >= 0.6 is 23.2 Å². The Morgan fingerprint density at radius 1 is 1.14 bits per heavy atom. The molecule has 1 aromatic heterocycles. The summed E-state index contributed by atoms with van der Waals surface area (Å²) < 4.78 is 43.9. The Labute approximate surface area is 176 Å². The van der Waals surface area contributed by atoms with Gasteiger partial charge in [0.05, 0.1) is 15.6 Å². The third-order valence-electron chi connectivity index (χ3n) is 4.53. The summed E-state index contributed by atoms with van der Waals surface area (Å²) in [5.74, 6) is 0.498. The summed E-state index contributed by atoms with van der Waals surface area (Å²) in [6, 6.07) is 7.75. The number of amides is 1. The zero-order valence-electron chi connectivity index (χ0n) is 15.4. The number of nitrogens with zero attached hydrogens (tertiary/aromatic N) is 3. The average Bonchev–Trinajstić information content (AvgIpc) is 2.68. The molecule has 0 saturated carbocycles. The number of pyridine rings is 1. The number of carbonyl (C=O) groups is 1. The van der Waals surface area contributed by atoms with E-state index in [4.69, 9.17) is 27.9 Å². The van der Waals surface area contributed by atoms with Gasteiger partial charge in [-0.1, -0.05) is 35.3 Å². The summed E-state index contributed by atoms with van der Waals surface area (Å²) >= 11 is 12.1.